The van der Waals surface area contributed by atoms with Gasteiger partial charge in [0.05, 0.1) is 5.69 Å². The summed E-state index contributed by atoms with van der Waals surface area (Å²) in [5, 5.41) is 7.00. The molecule has 2 rings (SSSR count). The second kappa shape index (κ2) is 5.49. The van der Waals surface area contributed by atoms with Gasteiger partial charge in [-0.1, -0.05) is 30.3 Å². The van der Waals surface area contributed by atoms with Crippen molar-refractivity contribution >= 4 is 5.91 Å². The molecule has 1 aromatic carbocycles. The Morgan fingerprint density at radius 1 is 1.22 bits per heavy atom. The number of aromatic amines is 1. The molecule has 0 unspecified atom stereocenters. The number of rotatable bonds is 4. The Morgan fingerprint density at radius 3 is 2.50 bits per heavy atom. The van der Waals surface area contributed by atoms with Crippen molar-refractivity contribution in [1.82, 2.24) is 15.1 Å². The molecule has 0 bridgehead atoms. The highest BCUT2D eigenvalue weighted by molar-refractivity contribution is 5.93. The molecular formula is C14H17N3O. The van der Waals surface area contributed by atoms with Crippen LogP contribution in [-0.2, 0) is 0 Å². The van der Waals surface area contributed by atoms with E-state index in [-0.39, 0.29) is 5.91 Å². The Balaban J connectivity index is 2.23. The molecule has 1 heterocycles. The maximum absolute atomic E-state index is 12.1. The molecule has 0 atom stereocenters. The summed E-state index contributed by atoms with van der Waals surface area (Å²) >= 11 is 0. The Labute approximate surface area is 107 Å². The van der Waals surface area contributed by atoms with Crippen molar-refractivity contribution in [2.24, 2.45) is 0 Å². The molecule has 0 saturated heterocycles. The molecule has 1 N–H and O–H groups in total. The van der Waals surface area contributed by atoms with Crippen LogP contribution in [0.4, 0.5) is 0 Å². The van der Waals surface area contributed by atoms with Crippen LogP contribution < -0.4 is 0 Å². The zero-order chi connectivity index (χ0) is 13.0. The van der Waals surface area contributed by atoms with Crippen LogP contribution in [0.5, 0.6) is 0 Å². The summed E-state index contributed by atoms with van der Waals surface area (Å²) in [4.78, 5) is 13.9. The molecule has 0 aliphatic carbocycles. The standard InChI is InChI=1S/C14H17N3O/c1-3-17(4-2)14(18)13-10-12(15-16-13)11-8-6-5-7-9-11/h5-10H,3-4H2,1-2H3,(H,15,16). The van der Waals surface area contributed by atoms with Crippen molar-refractivity contribution < 1.29 is 4.79 Å². The monoisotopic (exact) mass is 243 g/mol. The van der Waals surface area contributed by atoms with Gasteiger partial charge in [0.2, 0.25) is 0 Å². The van der Waals surface area contributed by atoms with Gasteiger partial charge in [-0.05, 0) is 19.9 Å². The first-order valence-corrected chi connectivity index (χ1v) is 6.16. The number of carbonyl (C=O) groups is 1. The molecule has 4 nitrogen and oxygen atoms in total. The first-order chi connectivity index (χ1) is 8.76. The molecule has 1 amide bonds. The highest BCUT2D eigenvalue weighted by atomic mass is 16.2. The SMILES string of the molecule is CCN(CC)C(=O)c1cc(-c2ccccc2)n[nH]1. The van der Waals surface area contributed by atoms with E-state index in [4.69, 9.17) is 0 Å². The molecule has 0 fully saturated rings. The summed E-state index contributed by atoms with van der Waals surface area (Å²) in [6.07, 6.45) is 0. The molecule has 0 spiro atoms. The number of hydrogen-bond donors (Lipinski definition) is 1. The molecule has 0 aliphatic heterocycles. The van der Waals surface area contributed by atoms with Gasteiger partial charge in [-0.15, -0.1) is 0 Å². The number of nitrogens with zero attached hydrogens (tertiary/aromatic N) is 2. The van der Waals surface area contributed by atoms with Gasteiger partial charge in [0, 0.05) is 18.7 Å². The predicted molar refractivity (Wildman–Crippen MR) is 71.3 cm³/mol. The number of H-pyrrole nitrogens is 1. The van der Waals surface area contributed by atoms with Crippen molar-refractivity contribution in [3.05, 3.63) is 42.1 Å². The summed E-state index contributed by atoms with van der Waals surface area (Å²) in [6.45, 7) is 5.34. The normalized spacial score (nSPS) is 10.3. The molecule has 0 saturated carbocycles. The third-order valence-corrected chi connectivity index (χ3v) is 2.93. The van der Waals surface area contributed by atoms with E-state index in [1.165, 1.54) is 0 Å². The van der Waals surface area contributed by atoms with Crippen LogP contribution in [0.2, 0.25) is 0 Å². The van der Waals surface area contributed by atoms with Gasteiger partial charge in [-0.3, -0.25) is 9.89 Å². The van der Waals surface area contributed by atoms with Crippen LogP contribution >= 0.6 is 0 Å². The first kappa shape index (κ1) is 12.4. The fourth-order valence-electron chi connectivity index (χ4n) is 1.87. The van der Waals surface area contributed by atoms with Crippen LogP contribution in [0.15, 0.2) is 36.4 Å². The smallest absolute Gasteiger partial charge is 0.271 e. The minimum Gasteiger partial charge on any atom is -0.338 e. The van der Waals surface area contributed by atoms with Gasteiger partial charge in [0.15, 0.2) is 0 Å². The molecule has 4 heteroatoms. The van der Waals surface area contributed by atoms with Crippen molar-refractivity contribution in [2.45, 2.75) is 13.8 Å². The van der Waals surface area contributed by atoms with Gasteiger partial charge in [0.25, 0.3) is 5.91 Å². The predicted octanol–water partition coefficient (Wildman–Crippen LogP) is 2.56. The van der Waals surface area contributed by atoms with Crippen molar-refractivity contribution in [1.29, 1.82) is 0 Å². The minimum absolute atomic E-state index is 0.00492. The van der Waals surface area contributed by atoms with E-state index in [9.17, 15) is 4.79 Å². The molecule has 18 heavy (non-hydrogen) atoms. The average molecular weight is 243 g/mol. The highest BCUT2D eigenvalue weighted by Gasteiger charge is 2.15. The topological polar surface area (TPSA) is 49.0 Å². The van der Waals surface area contributed by atoms with Gasteiger partial charge < -0.3 is 4.90 Å². The summed E-state index contributed by atoms with van der Waals surface area (Å²) in [6, 6.07) is 11.6. The van der Waals surface area contributed by atoms with E-state index in [1.807, 2.05) is 44.2 Å². The third-order valence-electron chi connectivity index (χ3n) is 2.93. The molecular weight excluding hydrogens is 226 g/mol. The number of benzene rings is 1. The van der Waals surface area contributed by atoms with Gasteiger partial charge in [-0.2, -0.15) is 5.10 Å². The quantitative estimate of drug-likeness (QED) is 0.897. The van der Waals surface area contributed by atoms with Gasteiger partial charge in [0.1, 0.15) is 5.69 Å². The van der Waals surface area contributed by atoms with E-state index < -0.39 is 0 Å². The fourth-order valence-corrected chi connectivity index (χ4v) is 1.87. The second-order valence-corrected chi connectivity index (χ2v) is 4.01. The summed E-state index contributed by atoms with van der Waals surface area (Å²) < 4.78 is 0. The van der Waals surface area contributed by atoms with E-state index >= 15 is 0 Å². The number of carbonyl (C=O) groups excluding carboxylic acids is 1. The van der Waals surface area contributed by atoms with Gasteiger partial charge >= 0.3 is 0 Å². The molecule has 0 radical (unpaired) electrons. The van der Waals surface area contributed by atoms with Crippen LogP contribution in [0, 0.1) is 0 Å². The molecule has 2 aromatic rings. The largest absolute Gasteiger partial charge is 0.338 e. The third kappa shape index (κ3) is 2.42. The fraction of sp³-hybridized carbons (Fsp3) is 0.286. The summed E-state index contributed by atoms with van der Waals surface area (Å²) in [5.74, 6) is -0.00492. The maximum Gasteiger partial charge on any atom is 0.271 e. The minimum atomic E-state index is -0.00492. The van der Waals surface area contributed by atoms with Crippen LogP contribution in [-0.4, -0.2) is 34.1 Å². The number of aromatic nitrogens is 2. The van der Waals surface area contributed by atoms with E-state index in [0.717, 1.165) is 11.3 Å². The Hall–Kier alpha value is -2.10. The lowest BCUT2D eigenvalue weighted by atomic mass is 10.1. The van der Waals surface area contributed by atoms with Crippen LogP contribution in [0.3, 0.4) is 0 Å². The van der Waals surface area contributed by atoms with Gasteiger partial charge in [-0.25, -0.2) is 0 Å². The van der Waals surface area contributed by atoms with Crippen LogP contribution in [0.1, 0.15) is 24.3 Å². The Morgan fingerprint density at radius 2 is 1.89 bits per heavy atom. The van der Waals surface area contributed by atoms with Crippen molar-refractivity contribution in [2.75, 3.05) is 13.1 Å². The van der Waals surface area contributed by atoms with E-state index in [2.05, 4.69) is 10.2 Å². The summed E-state index contributed by atoms with van der Waals surface area (Å²) in [5.41, 5.74) is 2.34. The average Bonchev–Trinajstić information content (AvgIpc) is 2.90. The Bertz CT molecular complexity index is 515. The second-order valence-electron chi connectivity index (χ2n) is 4.01. The summed E-state index contributed by atoms with van der Waals surface area (Å²) in [7, 11) is 0. The molecule has 94 valence electrons. The maximum atomic E-state index is 12.1. The Kier molecular flexibility index (Phi) is 3.77. The molecule has 0 aliphatic rings. The van der Waals surface area contributed by atoms with Crippen LogP contribution in [0.25, 0.3) is 11.3 Å². The lowest BCUT2D eigenvalue weighted by Crippen LogP contribution is -2.30. The van der Waals surface area contributed by atoms with Crippen molar-refractivity contribution in [3.8, 4) is 11.3 Å². The molecule has 1 aromatic heterocycles. The zero-order valence-electron chi connectivity index (χ0n) is 10.7. The van der Waals surface area contributed by atoms with E-state index in [1.54, 1.807) is 11.0 Å². The highest BCUT2D eigenvalue weighted by Crippen LogP contribution is 2.17. The number of amides is 1. The lowest BCUT2D eigenvalue weighted by Gasteiger charge is -2.16. The van der Waals surface area contributed by atoms with E-state index in [0.29, 0.717) is 18.8 Å². The number of hydrogen-bond acceptors (Lipinski definition) is 2. The first-order valence-electron chi connectivity index (χ1n) is 6.16. The zero-order valence-corrected chi connectivity index (χ0v) is 10.7. The number of nitrogens with one attached hydrogen (secondary N) is 1. The van der Waals surface area contributed by atoms with Crippen molar-refractivity contribution in [3.63, 3.8) is 0 Å². The lowest BCUT2D eigenvalue weighted by molar-refractivity contribution is 0.0767.